The molecule has 1 aliphatic rings. The smallest absolute Gasteiger partial charge is 0.430 e. The van der Waals surface area contributed by atoms with Gasteiger partial charge in [-0.1, -0.05) is 0 Å². The number of sulfone groups is 1. The first-order valence-electron chi connectivity index (χ1n) is 13.7. The Morgan fingerprint density at radius 3 is 1.96 bits per heavy atom. The van der Waals surface area contributed by atoms with Crippen LogP contribution in [-0.2, 0) is 26.0 Å². The standard InChI is InChI=1S/C22H32N6O4S.2C2HF3O2/c23-4-7-26-19-15-20(27-16-17-2-5-24-6-3-17)21(33(31,32)13-1-12-29)14-18(19)22(30)28-10-8-25-9-11-28;2*3-2(4,5)1(6)7/h2-3,5-6,14-15,25-27,29H,1,4,7-13,16,23H2;2*(H,6,7). The van der Waals surface area contributed by atoms with Gasteiger partial charge in [0, 0.05) is 31.2 Å². The van der Waals surface area contributed by atoms with Crippen molar-refractivity contribution in [3.8, 4) is 0 Å². The summed E-state index contributed by atoms with van der Waals surface area (Å²) in [5, 5.41) is 35.4. The fourth-order valence-electron chi connectivity index (χ4n) is 3.71. The number of rotatable bonds is 11. The summed E-state index contributed by atoms with van der Waals surface area (Å²) in [6.45, 7) is 4.20. The van der Waals surface area contributed by atoms with Gasteiger partial charge in [0.25, 0.3) is 5.91 Å². The van der Waals surface area contributed by atoms with Crippen molar-refractivity contribution in [2.75, 3.05) is 62.3 Å². The second-order valence-corrected chi connectivity index (χ2v) is 11.6. The van der Waals surface area contributed by atoms with Crippen molar-refractivity contribution < 1.29 is 75.5 Å². The highest BCUT2D eigenvalue weighted by Gasteiger charge is 2.30. The van der Waals surface area contributed by atoms with Gasteiger partial charge < -0.3 is 51.5 Å². The van der Waals surface area contributed by atoms with Gasteiger partial charge in [-0.25, -0.2) is 8.42 Å². The van der Waals surface area contributed by atoms with E-state index in [9.17, 15) is 44.7 Å². The molecule has 0 aliphatic carbocycles. The van der Waals surface area contributed by atoms with Gasteiger partial charge in [0.1, 0.15) is 11.9 Å². The number of aliphatic carboxylic acids is 2. The lowest BCUT2D eigenvalue weighted by molar-refractivity contribution is -0.661. The average Bonchev–Trinajstić information content (AvgIpc) is 3.01. The van der Waals surface area contributed by atoms with E-state index >= 15 is 0 Å². The number of nitrogens with two attached hydrogens (primary N) is 1. The Bertz CT molecular complexity index is 1400. The van der Waals surface area contributed by atoms with E-state index in [2.05, 4.69) is 26.7 Å². The van der Waals surface area contributed by atoms with E-state index in [-0.39, 0.29) is 29.6 Å². The van der Waals surface area contributed by atoms with Crippen LogP contribution < -0.4 is 31.9 Å². The van der Waals surface area contributed by atoms with E-state index in [0.29, 0.717) is 49.7 Å². The number of carbonyl (C=O) groups excluding carboxylic acids is 3. The van der Waals surface area contributed by atoms with Crippen LogP contribution >= 0.6 is 0 Å². The van der Waals surface area contributed by atoms with E-state index in [0.717, 1.165) is 18.7 Å². The zero-order valence-electron chi connectivity index (χ0n) is 24.7. The van der Waals surface area contributed by atoms with Crippen LogP contribution in [0.4, 0.5) is 37.7 Å². The summed E-state index contributed by atoms with van der Waals surface area (Å²) in [4.78, 5) is 36.8. The number of carboxylic acids is 2. The largest absolute Gasteiger partial charge is 0.542 e. The maximum atomic E-state index is 13.4. The van der Waals surface area contributed by atoms with Crippen molar-refractivity contribution >= 4 is 39.1 Å². The van der Waals surface area contributed by atoms with Gasteiger partial charge in [0.15, 0.2) is 9.84 Å². The Morgan fingerprint density at radius 2 is 1.49 bits per heavy atom. The molecule has 14 nitrogen and oxygen atoms in total. The van der Waals surface area contributed by atoms with E-state index < -0.39 is 34.1 Å². The number of anilines is 2. The Morgan fingerprint density at radius 1 is 0.957 bits per heavy atom. The molecular formula is C26H34F6N6O8S. The number of piperazine rings is 1. The molecule has 1 saturated heterocycles. The SMILES string of the molecule is O=C([O-])C(F)(F)F.O=C([O-])C(F)(F)F.[NH3+]CCNc1cc(NCc2ccncc2)c(S(=O)(=O)CCCO)cc1C(=O)N1CC[NH2+]CC1. The third-order valence-electron chi connectivity index (χ3n) is 5.94. The first-order valence-corrected chi connectivity index (χ1v) is 15.3. The maximum Gasteiger partial charge on any atom is 0.430 e. The summed E-state index contributed by atoms with van der Waals surface area (Å²) in [5.41, 5.74) is 6.13. The molecule has 1 aliphatic heterocycles. The van der Waals surface area contributed by atoms with Crippen molar-refractivity contribution in [1.29, 1.82) is 0 Å². The molecule has 2 heterocycles. The van der Waals surface area contributed by atoms with Crippen LogP contribution in [0.3, 0.4) is 0 Å². The van der Waals surface area contributed by atoms with Crippen molar-refractivity contribution in [2.24, 2.45) is 0 Å². The van der Waals surface area contributed by atoms with Gasteiger partial charge in [-0.15, -0.1) is 0 Å². The second-order valence-electron chi connectivity index (χ2n) is 9.51. The summed E-state index contributed by atoms with van der Waals surface area (Å²) in [5.74, 6) is -6.40. The first kappa shape index (κ1) is 40.8. The lowest BCUT2D eigenvalue weighted by Crippen LogP contribution is -2.89. The fourth-order valence-corrected chi connectivity index (χ4v) is 5.20. The number of nitrogens with one attached hydrogen (secondary N) is 2. The first-order chi connectivity index (χ1) is 21.8. The molecule has 0 saturated carbocycles. The molecule has 47 heavy (non-hydrogen) atoms. The second kappa shape index (κ2) is 18.8. The van der Waals surface area contributed by atoms with Gasteiger partial charge in [0.05, 0.1) is 61.2 Å². The van der Waals surface area contributed by atoms with Crippen LogP contribution in [0.15, 0.2) is 41.6 Å². The molecule has 0 spiro atoms. The Kier molecular flexibility index (Phi) is 16.3. The third kappa shape index (κ3) is 14.4. The lowest BCUT2D eigenvalue weighted by Gasteiger charge is -2.27. The molecule has 3 rings (SSSR count). The molecule has 264 valence electrons. The molecule has 21 heteroatoms. The predicted octanol–water partition coefficient (Wildman–Crippen LogP) is -2.88. The number of hydrogen-bond acceptors (Lipinski definition) is 11. The predicted molar refractivity (Wildman–Crippen MR) is 148 cm³/mol. The highest BCUT2D eigenvalue weighted by Crippen LogP contribution is 2.32. The molecule has 8 N–H and O–H groups in total. The zero-order valence-corrected chi connectivity index (χ0v) is 25.5. The van der Waals surface area contributed by atoms with Crippen molar-refractivity contribution in [3.63, 3.8) is 0 Å². The van der Waals surface area contributed by atoms with E-state index in [1.54, 1.807) is 23.4 Å². The van der Waals surface area contributed by atoms with Crippen molar-refractivity contribution in [2.45, 2.75) is 30.2 Å². The van der Waals surface area contributed by atoms with Crippen LogP contribution in [0.25, 0.3) is 0 Å². The van der Waals surface area contributed by atoms with Crippen LogP contribution in [0, 0.1) is 0 Å². The van der Waals surface area contributed by atoms with Crippen LogP contribution in [0.5, 0.6) is 0 Å². The minimum atomic E-state index is -5.19. The number of carbonyl (C=O) groups is 3. The minimum Gasteiger partial charge on any atom is -0.542 e. The van der Waals surface area contributed by atoms with Crippen LogP contribution in [0.2, 0.25) is 0 Å². The van der Waals surface area contributed by atoms with E-state index in [1.807, 2.05) is 12.1 Å². The molecule has 1 amide bonds. The van der Waals surface area contributed by atoms with E-state index in [1.165, 1.54) is 6.07 Å². The third-order valence-corrected chi connectivity index (χ3v) is 7.77. The number of halogens is 6. The van der Waals surface area contributed by atoms with Gasteiger partial charge in [-0.3, -0.25) is 9.78 Å². The van der Waals surface area contributed by atoms with Gasteiger partial charge in [-0.05, 0) is 36.2 Å². The molecule has 1 aromatic carbocycles. The van der Waals surface area contributed by atoms with Gasteiger partial charge in [-0.2, -0.15) is 26.3 Å². The number of aromatic nitrogens is 1. The summed E-state index contributed by atoms with van der Waals surface area (Å²) < 4.78 is 89.5. The molecule has 0 radical (unpaired) electrons. The zero-order chi connectivity index (χ0) is 35.8. The number of alkyl halides is 6. The molecular weight excluding hydrogens is 670 g/mol. The average molecular weight is 705 g/mol. The summed E-state index contributed by atoms with van der Waals surface area (Å²) >= 11 is 0. The monoisotopic (exact) mass is 704 g/mol. The van der Waals surface area contributed by atoms with Crippen molar-refractivity contribution in [3.05, 3.63) is 47.8 Å². The number of carboxylic acid groups (broad SMARTS) is 2. The van der Waals surface area contributed by atoms with Gasteiger partial charge >= 0.3 is 12.4 Å². The molecule has 0 bridgehead atoms. The topological polar surface area (TPSA) is 236 Å². The Labute approximate surface area is 264 Å². The molecule has 1 aromatic heterocycles. The maximum absolute atomic E-state index is 13.4. The number of pyridine rings is 1. The number of nitrogens with zero attached hydrogens (tertiary/aromatic N) is 2. The number of aliphatic hydroxyl groups is 1. The van der Waals surface area contributed by atoms with E-state index in [4.69, 9.17) is 19.8 Å². The Balaban J connectivity index is 0.000000658. The van der Waals surface area contributed by atoms with Gasteiger partial charge in [0.2, 0.25) is 0 Å². The highest BCUT2D eigenvalue weighted by atomic mass is 32.2. The number of hydrogen-bond donors (Lipinski definition) is 5. The fraction of sp³-hybridized carbons (Fsp3) is 0.462. The number of benzene rings is 1. The molecule has 2 aromatic rings. The molecule has 1 fully saturated rings. The number of aliphatic hydroxyl groups excluding tert-OH is 1. The number of quaternary nitrogens is 2. The quantitative estimate of drug-likeness (QED) is 0.149. The summed E-state index contributed by atoms with van der Waals surface area (Å²) in [6.07, 6.45) is -6.91. The minimum absolute atomic E-state index is 0.0668. The van der Waals surface area contributed by atoms with Crippen LogP contribution in [-0.4, -0.2) is 105 Å². The molecule has 0 atom stereocenters. The lowest BCUT2D eigenvalue weighted by atomic mass is 10.1. The Hall–Kier alpha value is -4.21. The molecule has 0 unspecified atom stereocenters. The summed E-state index contributed by atoms with van der Waals surface area (Å²) in [6, 6.07) is 6.87. The van der Waals surface area contributed by atoms with Crippen LogP contribution in [0.1, 0.15) is 22.3 Å². The number of amides is 1. The summed E-state index contributed by atoms with van der Waals surface area (Å²) in [7, 11) is -3.73. The normalized spacial score (nSPS) is 13.3. The van der Waals surface area contributed by atoms with Crippen molar-refractivity contribution in [1.82, 2.24) is 9.88 Å². The highest BCUT2D eigenvalue weighted by molar-refractivity contribution is 7.91.